The largest absolute Gasteiger partial charge is 0.504 e. The molecule has 2 rings (SSSR count). The first-order valence-electron chi connectivity index (χ1n) is 5.64. The molecule has 0 spiro atoms. The highest BCUT2D eigenvalue weighted by molar-refractivity contribution is 7.91. The zero-order chi connectivity index (χ0) is 14.6. The van der Waals surface area contributed by atoms with Gasteiger partial charge in [0.1, 0.15) is 0 Å². The molecule has 20 heavy (non-hydrogen) atoms. The molecule has 0 unspecified atom stereocenters. The van der Waals surface area contributed by atoms with Gasteiger partial charge in [0.25, 0.3) is 0 Å². The van der Waals surface area contributed by atoms with E-state index in [-0.39, 0.29) is 17.3 Å². The van der Waals surface area contributed by atoms with Crippen molar-refractivity contribution in [1.29, 1.82) is 5.26 Å². The first kappa shape index (κ1) is 13.8. The average Bonchev–Trinajstić information content (AvgIpc) is 2.41. The molecule has 6 nitrogen and oxygen atoms in total. The van der Waals surface area contributed by atoms with E-state index in [1.807, 2.05) is 6.07 Å². The first-order valence-corrected chi connectivity index (χ1v) is 7.29. The van der Waals surface area contributed by atoms with Gasteiger partial charge < -0.3 is 5.11 Å². The number of hydrogen-bond acceptors (Lipinski definition) is 5. The lowest BCUT2D eigenvalue weighted by molar-refractivity contribution is 0.475. The smallest absolute Gasteiger partial charge is 0.238 e. The van der Waals surface area contributed by atoms with Crippen molar-refractivity contribution in [2.24, 2.45) is 0 Å². The molecule has 1 aromatic heterocycles. The Balaban J connectivity index is 2.25. The minimum atomic E-state index is -3.77. The van der Waals surface area contributed by atoms with Crippen molar-refractivity contribution in [3.63, 3.8) is 0 Å². The summed E-state index contributed by atoms with van der Waals surface area (Å²) in [6.07, 6.45) is 1.36. The molecular formula is C13H11N3O3S. The highest BCUT2D eigenvalue weighted by Gasteiger charge is 2.16. The minimum Gasteiger partial charge on any atom is -0.504 e. The van der Waals surface area contributed by atoms with Crippen LogP contribution in [0.3, 0.4) is 0 Å². The van der Waals surface area contributed by atoms with Gasteiger partial charge in [-0.3, -0.25) is 4.72 Å². The number of anilines is 1. The van der Waals surface area contributed by atoms with Gasteiger partial charge >= 0.3 is 0 Å². The second kappa shape index (κ2) is 5.59. The predicted molar refractivity (Wildman–Crippen MR) is 73.3 cm³/mol. The Hall–Kier alpha value is -2.59. The summed E-state index contributed by atoms with van der Waals surface area (Å²) in [5.74, 6) is -0.765. The molecule has 0 saturated heterocycles. The summed E-state index contributed by atoms with van der Waals surface area (Å²) in [6, 6.07) is 11.2. The van der Waals surface area contributed by atoms with Crippen LogP contribution in [0.5, 0.6) is 5.75 Å². The van der Waals surface area contributed by atoms with Crippen molar-refractivity contribution in [2.45, 2.75) is 5.75 Å². The second-order valence-corrected chi connectivity index (χ2v) is 5.72. The zero-order valence-corrected chi connectivity index (χ0v) is 11.1. The van der Waals surface area contributed by atoms with Crippen LogP contribution in [0.4, 0.5) is 5.82 Å². The molecule has 0 saturated carbocycles. The molecule has 0 fully saturated rings. The summed E-state index contributed by atoms with van der Waals surface area (Å²) in [5, 5.41) is 18.4. The highest BCUT2D eigenvalue weighted by atomic mass is 32.2. The van der Waals surface area contributed by atoms with Gasteiger partial charge in [-0.1, -0.05) is 18.2 Å². The van der Waals surface area contributed by atoms with E-state index in [9.17, 15) is 13.5 Å². The monoisotopic (exact) mass is 289 g/mol. The van der Waals surface area contributed by atoms with Gasteiger partial charge in [-0.05, 0) is 23.8 Å². The number of rotatable bonds is 4. The summed E-state index contributed by atoms with van der Waals surface area (Å²) < 4.78 is 26.2. The van der Waals surface area contributed by atoms with Crippen LogP contribution in [0.25, 0.3) is 0 Å². The van der Waals surface area contributed by atoms with Crippen LogP contribution in [-0.4, -0.2) is 18.5 Å². The molecule has 2 N–H and O–H groups in total. The fourth-order valence-electron chi connectivity index (χ4n) is 1.62. The molecule has 0 bridgehead atoms. The van der Waals surface area contributed by atoms with Crippen LogP contribution < -0.4 is 4.72 Å². The molecule has 2 aromatic rings. The van der Waals surface area contributed by atoms with Crippen LogP contribution in [0, 0.1) is 11.3 Å². The molecule has 0 aliphatic rings. The fourth-order valence-corrected chi connectivity index (χ4v) is 2.80. The SMILES string of the molecule is N#Cc1ccccc1CS(=O)(=O)Nc1ncccc1O. The standard InChI is InChI=1S/C13H11N3O3S/c14-8-10-4-1-2-5-11(10)9-20(18,19)16-13-12(17)6-3-7-15-13/h1-7,17H,9H2,(H,15,16). The normalized spacial score (nSPS) is 10.8. The number of hydrogen-bond donors (Lipinski definition) is 2. The summed E-state index contributed by atoms with van der Waals surface area (Å²) in [5.41, 5.74) is 0.682. The van der Waals surface area contributed by atoms with Gasteiger partial charge in [0.2, 0.25) is 10.0 Å². The number of nitriles is 1. The van der Waals surface area contributed by atoms with Gasteiger partial charge in [-0.2, -0.15) is 5.26 Å². The summed E-state index contributed by atoms with van der Waals surface area (Å²) in [4.78, 5) is 3.74. The predicted octanol–water partition coefficient (Wildman–Crippen LogP) is 1.60. The van der Waals surface area contributed by atoms with E-state index >= 15 is 0 Å². The Morgan fingerprint density at radius 3 is 2.70 bits per heavy atom. The number of nitrogens with zero attached hydrogens (tertiary/aromatic N) is 2. The Kier molecular flexibility index (Phi) is 3.86. The first-order chi connectivity index (χ1) is 9.52. The van der Waals surface area contributed by atoms with Gasteiger partial charge in [-0.25, -0.2) is 13.4 Å². The van der Waals surface area contributed by atoms with Gasteiger partial charge in [-0.15, -0.1) is 0 Å². The van der Waals surface area contributed by atoms with E-state index in [2.05, 4.69) is 9.71 Å². The summed E-state index contributed by atoms with van der Waals surface area (Å²) in [7, 11) is -3.77. The molecular weight excluding hydrogens is 278 g/mol. The van der Waals surface area contributed by atoms with Gasteiger partial charge in [0.15, 0.2) is 11.6 Å². The second-order valence-electron chi connectivity index (χ2n) is 4.00. The number of nitrogens with one attached hydrogen (secondary N) is 1. The van der Waals surface area contributed by atoms with E-state index < -0.39 is 10.0 Å². The number of aromatic nitrogens is 1. The molecule has 102 valence electrons. The van der Waals surface area contributed by atoms with E-state index in [4.69, 9.17) is 5.26 Å². The minimum absolute atomic E-state index is 0.137. The van der Waals surface area contributed by atoms with Crippen LogP contribution in [0.15, 0.2) is 42.6 Å². The van der Waals surface area contributed by atoms with E-state index in [0.717, 1.165) is 0 Å². The van der Waals surface area contributed by atoms with Crippen molar-refractivity contribution in [1.82, 2.24) is 4.98 Å². The Morgan fingerprint density at radius 2 is 2.00 bits per heavy atom. The van der Waals surface area contributed by atoms with Crippen LogP contribution in [-0.2, 0) is 15.8 Å². The third-order valence-corrected chi connectivity index (χ3v) is 3.72. The quantitative estimate of drug-likeness (QED) is 0.889. The number of sulfonamides is 1. The third kappa shape index (κ3) is 3.24. The van der Waals surface area contributed by atoms with Crippen molar-refractivity contribution in [3.8, 4) is 11.8 Å². The maximum Gasteiger partial charge on any atom is 0.238 e. The number of aromatic hydroxyl groups is 1. The maximum absolute atomic E-state index is 12.0. The number of pyridine rings is 1. The van der Waals surface area contributed by atoms with E-state index in [1.54, 1.807) is 24.3 Å². The summed E-state index contributed by atoms with van der Waals surface area (Å²) in [6.45, 7) is 0. The Labute approximate surface area is 116 Å². The summed E-state index contributed by atoms with van der Waals surface area (Å²) >= 11 is 0. The fraction of sp³-hybridized carbons (Fsp3) is 0.0769. The molecule has 0 atom stereocenters. The highest BCUT2D eigenvalue weighted by Crippen LogP contribution is 2.21. The van der Waals surface area contributed by atoms with Crippen molar-refractivity contribution in [3.05, 3.63) is 53.7 Å². The topological polar surface area (TPSA) is 103 Å². The van der Waals surface area contributed by atoms with Crippen LogP contribution in [0.1, 0.15) is 11.1 Å². The molecule has 0 radical (unpaired) electrons. The van der Waals surface area contributed by atoms with Gasteiger partial charge in [0, 0.05) is 6.20 Å². The molecule has 1 heterocycles. The Morgan fingerprint density at radius 1 is 1.25 bits per heavy atom. The molecule has 1 aromatic carbocycles. The molecule has 0 aliphatic carbocycles. The van der Waals surface area contributed by atoms with Crippen LogP contribution >= 0.6 is 0 Å². The molecule has 7 heteroatoms. The van der Waals surface area contributed by atoms with Crippen molar-refractivity contribution >= 4 is 15.8 Å². The lowest BCUT2D eigenvalue weighted by atomic mass is 10.1. The lowest BCUT2D eigenvalue weighted by Crippen LogP contribution is -2.16. The van der Waals surface area contributed by atoms with E-state index in [0.29, 0.717) is 11.1 Å². The third-order valence-electron chi connectivity index (χ3n) is 2.52. The Bertz CT molecular complexity index is 766. The maximum atomic E-state index is 12.0. The van der Waals surface area contributed by atoms with Crippen molar-refractivity contribution in [2.75, 3.05) is 4.72 Å². The molecule has 0 amide bonds. The van der Waals surface area contributed by atoms with Crippen LogP contribution in [0.2, 0.25) is 0 Å². The number of benzene rings is 1. The van der Waals surface area contributed by atoms with E-state index in [1.165, 1.54) is 18.3 Å². The molecule has 0 aliphatic heterocycles. The van der Waals surface area contributed by atoms with Crippen molar-refractivity contribution < 1.29 is 13.5 Å². The zero-order valence-electron chi connectivity index (χ0n) is 10.3. The van der Waals surface area contributed by atoms with Gasteiger partial charge in [0.05, 0.1) is 17.4 Å². The average molecular weight is 289 g/mol. The lowest BCUT2D eigenvalue weighted by Gasteiger charge is -2.09.